The van der Waals surface area contributed by atoms with Gasteiger partial charge in [0, 0.05) is 23.0 Å². The van der Waals surface area contributed by atoms with Gasteiger partial charge < -0.3 is 9.64 Å². The maximum Gasteiger partial charge on any atom is 0.243 e. The third-order valence-corrected chi connectivity index (χ3v) is 9.19. The zero-order chi connectivity index (χ0) is 25.0. The van der Waals surface area contributed by atoms with Gasteiger partial charge in [0.1, 0.15) is 12.4 Å². The zero-order valence-corrected chi connectivity index (χ0v) is 22.2. The first kappa shape index (κ1) is 25.7. The molecule has 1 atom stereocenters. The molecule has 4 rings (SSSR count). The topological polar surface area (TPSA) is 66.9 Å². The summed E-state index contributed by atoms with van der Waals surface area (Å²) in [5.41, 5.74) is 2.04. The molecule has 186 valence electrons. The van der Waals surface area contributed by atoms with Crippen LogP contribution in [0.2, 0.25) is 5.02 Å². The molecule has 0 bridgehead atoms. The van der Waals surface area contributed by atoms with Gasteiger partial charge in [-0.25, -0.2) is 8.42 Å². The fourth-order valence-electron chi connectivity index (χ4n) is 4.22. The summed E-state index contributed by atoms with van der Waals surface area (Å²) in [5.74, 6) is 0.439. The van der Waals surface area contributed by atoms with Crippen LogP contribution in [0.1, 0.15) is 35.4 Å². The third-order valence-electron chi connectivity index (χ3n) is 6.08. The maximum atomic E-state index is 13.6. The second-order valence-corrected chi connectivity index (χ2v) is 11.9. The maximum absolute atomic E-state index is 13.6. The van der Waals surface area contributed by atoms with E-state index in [0.717, 1.165) is 17.5 Å². The van der Waals surface area contributed by atoms with E-state index in [0.29, 0.717) is 23.7 Å². The standard InChI is InChI=1S/C26H29ClN2O4S2/c1-3-14-28(35(31,32)22-10-4-19(2)5-11-22)17-26(30)29-15-12-25-23(13-16-34-25)24(29)18-33-21-8-6-20(27)7-9-21/h4-11,13,16,24H,3,12,14-15,17-18H2,1-2H3. The minimum atomic E-state index is -3.80. The molecular weight excluding hydrogens is 504 g/mol. The lowest BCUT2D eigenvalue weighted by atomic mass is 10.0. The Labute approximate surface area is 216 Å². The molecule has 0 spiro atoms. The predicted octanol–water partition coefficient (Wildman–Crippen LogP) is 5.32. The highest BCUT2D eigenvalue weighted by Crippen LogP contribution is 2.34. The molecule has 0 N–H and O–H groups in total. The molecule has 2 heterocycles. The number of hydrogen-bond acceptors (Lipinski definition) is 5. The van der Waals surface area contributed by atoms with Crippen molar-refractivity contribution < 1.29 is 17.9 Å². The normalized spacial score (nSPS) is 15.8. The molecule has 9 heteroatoms. The van der Waals surface area contributed by atoms with Gasteiger partial charge in [0.25, 0.3) is 0 Å². The van der Waals surface area contributed by atoms with Crippen LogP contribution in [0.15, 0.2) is 64.9 Å². The number of thiophene rings is 1. The van der Waals surface area contributed by atoms with Crippen molar-refractivity contribution in [2.45, 2.75) is 37.6 Å². The van der Waals surface area contributed by atoms with Gasteiger partial charge in [0.15, 0.2) is 0 Å². The van der Waals surface area contributed by atoms with Crippen LogP contribution in [0.4, 0.5) is 0 Å². The van der Waals surface area contributed by atoms with Gasteiger partial charge in [-0.05, 0) is 73.2 Å². The molecule has 1 aliphatic heterocycles. The van der Waals surface area contributed by atoms with Gasteiger partial charge >= 0.3 is 0 Å². The SMILES string of the molecule is CCCN(CC(=O)N1CCc2sccc2C1COc1ccc(Cl)cc1)S(=O)(=O)c1ccc(C)cc1. The minimum Gasteiger partial charge on any atom is -0.491 e. The number of hydrogen-bond donors (Lipinski definition) is 0. The second kappa shape index (κ2) is 11.1. The summed E-state index contributed by atoms with van der Waals surface area (Å²) in [6.45, 7) is 4.67. The van der Waals surface area contributed by atoms with E-state index in [1.807, 2.05) is 25.3 Å². The third kappa shape index (κ3) is 5.89. The number of carbonyl (C=O) groups excluding carboxylic acids is 1. The molecule has 2 aromatic carbocycles. The summed E-state index contributed by atoms with van der Waals surface area (Å²) < 4.78 is 34.0. The van der Waals surface area contributed by atoms with E-state index in [2.05, 4.69) is 0 Å². The number of ether oxygens (including phenoxy) is 1. The van der Waals surface area contributed by atoms with Crippen molar-refractivity contribution in [3.05, 3.63) is 81.0 Å². The first-order valence-electron chi connectivity index (χ1n) is 11.6. The number of carbonyl (C=O) groups is 1. The van der Waals surface area contributed by atoms with Crippen molar-refractivity contribution in [2.75, 3.05) is 26.2 Å². The fourth-order valence-corrected chi connectivity index (χ4v) is 6.75. The van der Waals surface area contributed by atoms with Crippen molar-refractivity contribution >= 4 is 38.9 Å². The minimum absolute atomic E-state index is 0.200. The van der Waals surface area contributed by atoms with Gasteiger partial charge in [0.2, 0.25) is 15.9 Å². The molecular formula is C26H29ClN2O4S2. The van der Waals surface area contributed by atoms with Crippen molar-refractivity contribution in [1.29, 1.82) is 0 Å². The molecule has 0 saturated carbocycles. The molecule has 0 saturated heterocycles. The highest BCUT2D eigenvalue weighted by atomic mass is 35.5. The van der Waals surface area contributed by atoms with E-state index in [1.165, 1.54) is 9.18 Å². The molecule has 6 nitrogen and oxygen atoms in total. The van der Waals surface area contributed by atoms with Gasteiger partial charge in [0.05, 0.1) is 17.5 Å². The smallest absolute Gasteiger partial charge is 0.243 e. The van der Waals surface area contributed by atoms with Gasteiger partial charge in [-0.15, -0.1) is 11.3 Å². The lowest BCUT2D eigenvalue weighted by Gasteiger charge is -2.37. The van der Waals surface area contributed by atoms with E-state index >= 15 is 0 Å². The zero-order valence-electron chi connectivity index (χ0n) is 19.8. The van der Waals surface area contributed by atoms with Crippen molar-refractivity contribution in [2.24, 2.45) is 0 Å². The highest BCUT2D eigenvalue weighted by Gasteiger charge is 2.35. The molecule has 1 amide bonds. The van der Waals surface area contributed by atoms with Crippen LogP contribution in [0.3, 0.4) is 0 Å². The number of benzene rings is 2. The van der Waals surface area contributed by atoms with Crippen LogP contribution >= 0.6 is 22.9 Å². The molecule has 35 heavy (non-hydrogen) atoms. The van der Waals surface area contributed by atoms with Crippen LogP contribution < -0.4 is 4.74 Å². The summed E-state index contributed by atoms with van der Waals surface area (Å²) in [4.78, 5) is 16.8. The number of sulfonamides is 1. The Balaban J connectivity index is 1.55. The number of nitrogens with zero attached hydrogens (tertiary/aromatic N) is 2. The van der Waals surface area contributed by atoms with Gasteiger partial charge in [-0.2, -0.15) is 4.31 Å². The summed E-state index contributed by atoms with van der Waals surface area (Å²) in [6.07, 6.45) is 1.35. The molecule has 3 aromatic rings. The first-order chi connectivity index (χ1) is 16.8. The van der Waals surface area contributed by atoms with E-state index in [1.54, 1.807) is 64.8 Å². The van der Waals surface area contributed by atoms with Crippen LogP contribution in [-0.2, 0) is 21.2 Å². The van der Waals surface area contributed by atoms with Crippen LogP contribution in [-0.4, -0.2) is 49.8 Å². The van der Waals surface area contributed by atoms with Gasteiger partial charge in [-0.1, -0.05) is 36.2 Å². The number of halogens is 1. The van der Waals surface area contributed by atoms with E-state index in [4.69, 9.17) is 16.3 Å². The Hall–Kier alpha value is -2.39. The molecule has 0 radical (unpaired) electrons. The Morgan fingerprint density at radius 1 is 1.14 bits per heavy atom. The van der Waals surface area contributed by atoms with Crippen LogP contribution in [0.5, 0.6) is 5.75 Å². The Morgan fingerprint density at radius 3 is 2.54 bits per heavy atom. The summed E-state index contributed by atoms with van der Waals surface area (Å²) in [7, 11) is -3.80. The second-order valence-electron chi connectivity index (χ2n) is 8.57. The van der Waals surface area contributed by atoms with E-state index in [9.17, 15) is 13.2 Å². The van der Waals surface area contributed by atoms with E-state index in [-0.39, 0.29) is 36.5 Å². The first-order valence-corrected chi connectivity index (χ1v) is 14.3. The fraction of sp³-hybridized carbons (Fsp3) is 0.346. The van der Waals surface area contributed by atoms with E-state index < -0.39 is 10.0 Å². The number of rotatable bonds is 9. The largest absolute Gasteiger partial charge is 0.491 e. The van der Waals surface area contributed by atoms with Crippen molar-refractivity contribution in [1.82, 2.24) is 9.21 Å². The highest BCUT2D eigenvalue weighted by molar-refractivity contribution is 7.89. The summed E-state index contributed by atoms with van der Waals surface area (Å²) >= 11 is 7.65. The van der Waals surface area contributed by atoms with Crippen LogP contribution in [0, 0.1) is 6.92 Å². The number of fused-ring (bicyclic) bond motifs is 1. The van der Waals surface area contributed by atoms with Crippen molar-refractivity contribution in [3.8, 4) is 5.75 Å². The lowest BCUT2D eigenvalue weighted by molar-refractivity contribution is -0.135. The summed E-state index contributed by atoms with van der Waals surface area (Å²) in [5, 5.41) is 2.65. The predicted molar refractivity (Wildman–Crippen MR) is 140 cm³/mol. The molecule has 0 aliphatic carbocycles. The summed E-state index contributed by atoms with van der Waals surface area (Å²) in [6, 6.07) is 15.6. The number of amides is 1. The lowest BCUT2D eigenvalue weighted by Crippen LogP contribution is -2.48. The number of aryl methyl sites for hydroxylation is 1. The molecule has 1 unspecified atom stereocenters. The monoisotopic (exact) mass is 532 g/mol. The Kier molecular flexibility index (Phi) is 8.16. The quantitative estimate of drug-likeness (QED) is 0.374. The van der Waals surface area contributed by atoms with Crippen molar-refractivity contribution in [3.63, 3.8) is 0 Å². The average molecular weight is 533 g/mol. The Morgan fingerprint density at radius 2 is 1.86 bits per heavy atom. The van der Waals surface area contributed by atoms with Crippen LogP contribution in [0.25, 0.3) is 0 Å². The molecule has 0 fully saturated rings. The molecule has 1 aliphatic rings. The van der Waals surface area contributed by atoms with Gasteiger partial charge in [-0.3, -0.25) is 4.79 Å². The average Bonchev–Trinajstić information content (AvgIpc) is 3.32. The molecule has 1 aromatic heterocycles. The Bertz CT molecular complexity index is 1260.